The number of aromatic nitrogens is 9. The number of ether oxygens (including phenoxy) is 2. The summed E-state index contributed by atoms with van der Waals surface area (Å²) in [7, 11) is -2.24. The number of H-pyrrole nitrogens is 4. The van der Waals surface area contributed by atoms with Crippen LogP contribution in [-0.2, 0) is 92.1 Å². The summed E-state index contributed by atoms with van der Waals surface area (Å²) in [5, 5.41) is 59.9. The maximum Gasteiger partial charge on any atom is 0.237 e. The van der Waals surface area contributed by atoms with E-state index < -0.39 is 44.6 Å². The Labute approximate surface area is 620 Å². The Kier molecular flexibility index (Phi) is 22.3. The standard InChI is InChI=1S/C29H42N4O4Si.C29H40N4O2Si.C23H28N4O3.CH4/c1-6-29(7-2)23-14-24-22(13-25(23)33(28(29)36)16-20(35)17-34)21-10-8-9-19-15-32(31-26(19)27(21)30-24)18-37-11-12-38(3,4)5;1-7-13-33-25-16-22-21-12-10-11-20-18-32(19-35-14-15-36(4,5)6)31-26(20)27(21)30-24(22)17-23(25)29(8-2,9-3)28(33)34;1-3-23(4-2)17-9-18-16(8-19(17)27(22(23)30)11-14(29)12-28)15-7-5-6-13-10-24-26-20(13)21(15)25-18;/h13-15,20,30,34-35H,6-12,16-18H2,1-5H3;7,16-18,30H,1,8-15,19H2,2-6H3;8-10,14,25,28-29H,3-7,11-12H2,1-2H3,(H,24,26);1H4. The van der Waals surface area contributed by atoms with Crippen LogP contribution in [0.5, 0.6) is 0 Å². The van der Waals surface area contributed by atoms with Crippen LogP contribution in [0.1, 0.15) is 157 Å². The molecule has 2 atom stereocenters. The second-order valence-electron chi connectivity index (χ2n) is 32.4. The number of fused-ring (bicyclic) bond motifs is 18. The zero-order valence-electron chi connectivity index (χ0n) is 63.4. The van der Waals surface area contributed by atoms with Gasteiger partial charge in [-0.25, -0.2) is 9.36 Å². The van der Waals surface area contributed by atoms with Crippen LogP contribution in [0.4, 0.5) is 17.1 Å². The number of aryl methyl sites for hydroxylation is 6. The maximum atomic E-state index is 13.7. The quantitative estimate of drug-likeness (QED) is 0.0159. The third-order valence-corrected chi connectivity index (χ3v) is 27.2. The molecule has 0 fully saturated rings. The van der Waals surface area contributed by atoms with Crippen LogP contribution in [0.25, 0.3) is 66.9 Å². The smallest absolute Gasteiger partial charge is 0.237 e. The monoisotopic (exact) mass is 1470 g/mol. The molecule has 9 heterocycles. The topological polar surface area (TPSA) is 272 Å². The summed E-state index contributed by atoms with van der Waals surface area (Å²) in [5.41, 5.74) is 21.3. The third kappa shape index (κ3) is 13.8. The fourth-order valence-corrected chi connectivity index (χ4v) is 19.0. The summed E-state index contributed by atoms with van der Waals surface area (Å²) < 4.78 is 15.8. The van der Waals surface area contributed by atoms with Crippen LogP contribution in [-0.4, -0.2) is 157 Å². The van der Waals surface area contributed by atoms with E-state index in [1.54, 1.807) is 9.80 Å². The second kappa shape index (κ2) is 30.5. The molecule has 2 unspecified atom stereocenters. The van der Waals surface area contributed by atoms with Gasteiger partial charge in [0.15, 0.2) is 0 Å². The number of β-amino-alcohol motifs (C(OH)–C–C–N with tert-alkyl or cyclic N) is 2. The van der Waals surface area contributed by atoms with Crippen LogP contribution < -0.4 is 14.7 Å². The lowest BCUT2D eigenvalue weighted by molar-refractivity contribution is -0.124. The van der Waals surface area contributed by atoms with E-state index in [1.807, 2.05) is 40.4 Å². The van der Waals surface area contributed by atoms with Gasteiger partial charge in [-0.3, -0.25) is 19.5 Å². The minimum absolute atomic E-state index is 0. The number of nitrogens with one attached hydrogen (secondary N) is 4. The van der Waals surface area contributed by atoms with Crippen molar-refractivity contribution in [2.75, 3.05) is 60.8 Å². The number of carbonyl (C=O) groups is 3. The summed E-state index contributed by atoms with van der Waals surface area (Å²) >= 11 is 0. The number of anilines is 3. The number of hydrogen-bond donors (Lipinski definition) is 8. The summed E-state index contributed by atoms with van der Waals surface area (Å²) in [5.74, 6) is 0.236. The molecule has 21 nitrogen and oxygen atoms in total. The molecule has 9 aromatic rings. The fourth-order valence-electron chi connectivity index (χ4n) is 17.5. The van der Waals surface area contributed by atoms with E-state index in [1.165, 1.54) is 38.8 Å². The predicted molar refractivity (Wildman–Crippen MR) is 426 cm³/mol. The van der Waals surface area contributed by atoms with Gasteiger partial charge in [-0.2, -0.15) is 15.3 Å². The van der Waals surface area contributed by atoms with Gasteiger partial charge in [0.05, 0.1) is 83.7 Å². The number of benzene rings is 3. The minimum Gasteiger partial charge on any atom is -0.394 e. The molecule has 0 saturated heterocycles. The van der Waals surface area contributed by atoms with Crippen LogP contribution in [0.2, 0.25) is 51.4 Å². The second-order valence-corrected chi connectivity index (χ2v) is 43.6. The number of hydrogen-bond acceptors (Lipinski definition) is 12. The van der Waals surface area contributed by atoms with Gasteiger partial charge in [0.25, 0.3) is 0 Å². The van der Waals surface area contributed by atoms with Crippen LogP contribution in [0.3, 0.4) is 0 Å². The fraction of sp³-hybridized carbons (Fsp3) is 0.537. The number of nitrogens with zero attached hydrogens (tertiary/aromatic N) is 8. The highest BCUT2D eigenvalue weighted by Crippen LogP contribution is 2.53. The van der Waals surface area contributed by atoms with Gasteiger partial charge < -0.3 is 59.6 Å². The minimum atomic E-state index is -1.13. The van der Waals surface area contributed by atoms with Gasteiger partial charge in [0.2, 0.25) is 17.7 Å². The Morgan fingerprint density at radius 3 is 1.26 bits per heavy atom. The lowest BCUT2D eigenvalue weighted by Crippen LogP contribution is -2.43. The Balaban J connectivity index is 0.000000148. The van der Waals surface area contributed by atoms with Crippen LogP contribution >= 0.6 is 0 Å². The largest absolute Gasteiger partial charge is 0.394 e. The van der Waals surface area contributed by atoms with E-state index in [9.17, 15) is 34.8 Å². The van der Waals surface area contributed by atoms with Gasteiger partial charge >= 0.3 is 0 Å². The summed E-state index contributed by atoms with van der Waals surface area (Å²) in [6.45, 7) is 33.0. The number of carbonyl (C=O) groups excluding carboxylic acids is 3. The van der Waals surface area contributed by atoms with Gasteiger partial charge in [-0.1, -0.05) is 94.3 Å². The molecular formula is C82H114N12O9Si2. The molecule has 0 radical (unpaired) electrons. The zero-order chi connectivity index (χ0) is 73.9. The summed E-state index contributed by atoms with van der Waals surface area (Å²) in [6.07, 6.45) is 19.4. The average molecular weight is 1470 g/mol. The highest BCUT2D eigenvalue weighted by Gasteiger charge is 2.52. The number of aliphatic hydroxyl groups is 4. The predicted octanol–water partition coefficient (Wildman–Crippen LogP) is 14.5. The molecule has 3 aliphatic carbocycles. The van der Waals surface area contributed by atoms with Gasteiger partial charge in [-0.05, 0) is 195 Å². The first-order chi connectivity index (χ1) is 49.9. The maximum absolute atomic E-state index is 13.7. The van der Waals surface area contributed by atoms with E-state index in [4.69, 9.17) is 19.7 Å². The lowest BCUT2D eigenvalue weighted by Gasteiger charge is -2.26. The van der Waals surface area contributed by atoms with E-state index >= 15 is 0 Å². The Bertz CT molecular complexity index is 4700. The van der Waals surface area contributed by atoms with Crippen molar-refractivity contribution in [2.24, 2.45) is 0 Å². The van der Waals surface area contributed by atoms with Crippen molar-refractivity contribution < 1.29 is 44.3 Å². The molecule has 3 aromatic carbocycles. The first kappa shape index (κ1) is 76.9. The molecule has 0 bridgehead atoms. The van der Waals surface area contributed by atoms with E-state index in [2.05, 4.69) is 147 Å². The van der Waals surface area contributed by atoms with Crippen LogP contribution in [0, 0.1) is 0 Å². The van der Waals surface area contributed by atoms with Crippen molar-refractivity contribution in [3.63, 3.8) is 0 Å². The first-order valence-electron chi connectivity index (χ1n) is 38.4. The van der Waals surface area contributed by atoms with Crippen molar-refractivity contribution in [3.8, 4) is 34.2 Å². The molecule has 15 rings (SSSR count). The van der Waals surface area contributed by atoms with Crippen molar-refractivity contribution in [1.82, 2.24) is 44.7 Å². The summed E-state index contributed by atoms with van der Waals surface area (Å²) in [6, 6.07) is 15.3. The SMILES string of the molecule is C.C=CCN1C(=O)C(CC)(CC)c2cc3[nH]c4c(c3cc21)CCCc1cn(COCC[Si](C)(C)C)nc1-4.CCC1(CC)C(=O)N(CC(O)CO)c2cc3c4c([nH]c3cc21)-c1[nH]ncc1CCC4.CCC1(CC)C(=O)N(CC(O)CO)c2cc3c4c([nH]c3cc21)-c1nn(COCC[Si](C)(C)C)cc1CCC4. The molecule has 8 N–H and O–H groups in total. The highest BCUT2D eigenvalue weighted by molar-refractivity contribution is 6.76. The van der Waals surface area contributed by atoms with E-state index in [-0.39, 0.29) is 51.5 Å². The molecule has 3 aliphatic heterocycles. The molecule has 6 aliphatic rings. The van der Waals surface area contributed by atoms with Crippen molar-refractivity contribution in [3.05, 3.63) is 118 Å². The molecule has 105 heavy (non-hydrogen) atoms. The van der Waals surface area contributed by atoms with Gasteiger partial charge in [0.1, 0.15) is 24.8 Å². The third-order valence-electron chi connectivity index (χ3n) is 23.8. The molecule has 23 heteroatoms. The van der Waals surface area contributed by atoms with Gasteiger partial charge in [-0.15, -0.1) is 6.58 Å². The Hall–Kier alpha value is -7.75. The summed E-state index contributed by atoms with van der Waals surface area (Å²) in [4.78, 5) is 57.0. The van der Waals surface area contributed by atoms with Crippen molar-refractivity contribution in [1.29, 1.82) is 0 Å². The number of aromatic amines is 4. The lowest BCUT2D eigenvalue weighted by atomic mass is 9.76. The average Bonchev–Trinajstić information content (AvgIpc) is 1.57. The number of rotatable bonds is 24. The van der Waals surface area contributed by atoms with Crippen molar-refractivity contribution in [2.45, 2.75) is 239 Å². The first-order valence-corrected chi connectivity index (χ1v) is 45.8. The molecule has 564 valence electrons. The van der Waals surface area contributed by atoms with Crippen LogP contribution in [0.15, 0.2) is 67.6 Å². The molecule has 0 saturated carbocycles. The van der Waals surface area contributed by atoms with E-state index in [0.717, 1.165) is 191 Å². The molecule has 3 amide bonds. The highest BCUT2D eigenvalue weighted by atomic mass is 28.3. The Morgan fingerprint density at radius 2 is 0.886 bits per heavy atom. The van der Waals surface area contributed by atoms with Crippen molar-refractivity contribution >= 4 is 83.6 Å². The number of amides is 3. The molecular weight excluding hydrogens is 1350 g/mol. The zero-order valence-corrected chi connectivity index (χ0v) is 65.4. The molecule has 6 aromatic heterocycles. The Morgan fingerprint density at radius 1 is 0.524 bits per heavy atom. The normalized spacial score (nSPS) is 17.3. The van der Waals surface area contributed by atoms with E-state index in [0.29, 0.717) is 45.7 Å². The molecule has 0 spiro atoms. The van der Waals surface area contributed by atoms with Gasteiger partial charge in [0, 0.05) is 98.1 Å². The number of aliphatic hydroxyl groups excluding tert-OH is 4.